The lowest BCUT2D eigenvalue weighted by molar-refractivity contribution is 0.306. The van der Waals surface area contributed by atoms with Gasteiger partial charge in [0.15, 0.2) is 0 Å². The SMILES string of the molecule is CN1CC(CN)CC1c1ccc(O)c(Cl)c1F. The minimum atomic E-state index is -0.527. The van der Waals surface area contributed by atoms with Crippen molar-refractivity contribution in [2.75, 3.05) is 20.1 Å². The van der Waals surface area contributed by atoms with Gasteiger partial charge in [-0.15, -0.1) is 0 Å². The first kappa shape index (κ1) is 12.6. The number of benzene rings is 1. The van der Waals surface area contributed by atoms with Gasteiger partial charge in [0, 0.05) is 18.2 Å². The van der Waals surface area contributed by atoms with E-state index in [1.165, 1.54) is 6.07 Å². The van der Waals surface area contributed by atoms with Gasteiger partial charge < -0.3 is 10.8 Å². The summed E-state index contributed by atoms with van der Waals surface area (Å²) in [7, 11) is 1.94. The number of rotatable bonds is 2. The number of hydrogen-bond acceptors (Lipinski definition) is 3. The second-order valence-corrected chi connectivity index (χ2v) is 4.97. The number of halogens is 2. The van der Waals surface area contributed by atoms with Gasteiger partial charge >= 0.3 is 0 Å². The van der Waals surface area contributed by atoms with E-state index in [4.69, 9.17) is 17.3 Å². The molecule has 0 radical (unpaired) electrons. The standard InChI is InChI=1S/C12H16ClFN2O/c1-16-6-7(5-15)4-9(16)8-2-3-10(17)11(13)12(8)14/h2-3,7,9,17H,4-6,15H2,1H3. The van der Waals surface area contributed by atoms with Crippen molar-refractivity contribution in [2.45, 2.75) is 12.5 Å². The van der Waals surface area contributed by atoms with Gasteiger partial charge in [0.05, 0.1) is 0 Å². The highest BCUT2D eigenvalue weighted by atomic mass is 35.5. The Morgan fingerprint density at radius 3 is 2.88 bits per heavy atom. The second-order valence-electron chi connectivity index (χ2n) is 4.59. The summed E-state index contributed by atoms with van der Waals surface area (Å²) >= 11 is 5.71. The van der Waals surface area contributed by atoms with Gasteiger partial charge in [-0.05, 0) is 32.0 Å². The molecule has 2 rings (SSSR count). The van der Waals surface area contributed by atoms with Crippen molar-refractivity contribution in [1.29, 1.82) is 0 Å². The lowest BCUT2D eigenvalue weighted by Gasteiger charge is -2.20. The predicted octanol–water partition coefficient (Wildman–Crippen LogP) is 2.14. The second kappa shape index (κ2) is 4.80. The molecule has 17 heavy (non-hydrogen) atoms. The molecular formula is C12H16ClFN2O. The third-order valence-electron chi connectivity index (χ3n) is 3.42. The summed E-state index contributed by atoms with van der Waals surface area (Å²) in [5.74, 6) is -0.359. The Morgan fingerprint density at radius 2 is 2.29 bits per heavy atom. The highest BCUT2D eigenvalue weighted by Crippen LogP contribution is 2.38. The molecule has 5 heteroatoms. The number of aromatic hydroxyl groups is 1. The molecule has 0 saturated carbocycles. The van der Waals surface area contributed by atoms with Crippen molar-refractivity contribution >= 4 is 11.6 Å². The molecular weight excluding hydrogens is 243 g/mol. The highest BCUT2D eigenvalue weighted by molar-refractivity contribution is 6.32. The van der Waals surface area contributed by atoms with E-state index in [1.54, 1.807) is 6.07 Å². The average molecular weight is 259 g/mol. The molecule has 3 nitrogen and oxygen atoms in total. The Bertz CT molecular complexity index is 427. The number of hydrogen-bond donors (Lipinski definition) is 2. The minimum absolute atomic E-state index is 0.0124. The van der Waals surface area contributed by atoms with Crippen LogP contribution in [0, 0.1) is 11.7 Å². The maximum atomic E-state index is 14.0. The number of phenolic OH excluding ortho intramolecular Hbond substituents is 1. The molecule has 1 aliphatic heterocycles. The summed E-state index contributed by atoms with van der Waals surface area (Å²) < 4.78 is 14.0. The zero-order chi connectivity index (χ0) is 12.6. The van der Waals surface area contributed by atoms with Crippen LogP contribution in [-0.4, -0.2) is 30.1 Å². The molecule has 3 N–H and O–H groups in total. The molecule has 0 aliphatic carbocycles. The van der Waals surface area contributed by atoms with Crippen LogP contribution in [-0.2, 0) is 0 Å². The topological polar surface area (TPSA) is 49.5 Å². The first-order valence-corrected chi connectivity index (χ1v) is 5.99. The van der Waals surface area contributed by atoms with Crippen LogP contribution in [0.15, 0.2) is 12.1 Å². The Labute approximate surface area is 105 Å². The van der Waals surface area contributed by atoms with Crippen LogP contribution in [0.25, 0.3) is 0 Å². The summed E-state index contributed by atoms with van der Waals surface area (Å²) in [4.78, 5) is 2.07. The first-order valence-electron chi connectivity index (χ1n) is 5.61. The smallest absolute Gasteiger partial charge is 0.150 e. The van der Waals surface area contributed by atoms with E-state index in [0.29, 0.717) is 18.0 Å². The van der Waals surface area contributed by atoms with Gasteiger partial charge in [-0.1, -0.05) is 17.7 Å². The molecule has 1 aromatic carbocycles. The maximum Gasteiger partial charge on any atom is 0.150 e. The third-order valence-corrected chi connectivity index (χ3v) is 3.78. The van der Waals surface area contributed by atoms with E-state index >= 15 is 0 Å². The van der Waals surface area contributed by atoms with E-state index < -0.39 is 5.82 Å². The van der Waals surface area contributed by atoms with E-state index in [-0.39, 0.29) is 16.8 Å². The Kier molecular flexibility index (Phi) is 3.56. The first-order chi connectivity index (χ1) is 8.04. The summed E-state index contributed by atoms with van der Waals surface area (Å²) in [5.41, 5.74) is 6.18. The van der Waals surface area contributed by atoms with Gasteiger partial charge in [-0.25, -0.2) is 4.39 Å². The summed E-state index contributed by atoms with van der Waals surface area (Å²) in [6.07, 6.45) is 0.824. The third kappa shape index (κ3) is 2.25. The molecule has 94 valence electrons. The van der Waals surface area contributed by atoms with Gasteiger partial charge in [-0.2, -0.15) is 0 Å². The quantitative estimate of drug-likeness (QED) is 0.855. The zero-order valence-corrected chi connectivity index (χ0v) is 10.4. The van der Waals surface area contributed by atoms with E-state index in [2.05, 4.69) is 4.90 Å². The minimum Gasteiger partial charge on any atom is -0.506 e. The van der Waals surface area contributed by atoms with Crippen molar-refractivity contribution in [3.63, 3.8) is 0 Å². The lowest BCUT2D eigenvalue weighted by atomic mass is 9.99. The fraction of sp³-hybridized carbons (Fsp3) is 0.500. The molecule has 1 heterocycles. The van der Waals surface area contributed by atoms with Gasteiger partial charge in [-0.3, -0.25) is 4.90 Å². The molecule has 1 saturated heterocycles. The molecule has 1 fully saturated rings. The fourth-order valence-corrected chi connectivity index (χ4v) is 2.62. The van der Waals surface area contributed by atoms with E-state index in [9.17, 15) is 9.50 Å². The zero-order valence-electron chi connectivity index (χ0n) is 9.66. The largest absolute Gasteiger partial charge is 0.506 e. The van der Waals surface area contributed by atoms with Crippen LogP contribution >= 0.6 is 11.6 Å². The Morgan fingerprint density at radius 1 is 1.59 bits per heavy atom. The van der Waals surface area contributed by atoms with Crippen LogP contribution in [0.4, 0.5) is 4.39 Å². The maximum absolute atomic E-state index is 14.0. The molecule has 1 aliphatic rings. The van der Waals surface area contributed by atoms with Crippen molar-refractivity contribution in [3.8, 4) is 5.75 Å². The predicted molar refractivity (Wildman–Crippen MR) is 65.6 cm³/mol. The molecule has 1 aromatic rings. The van der Waals surface area contributed by atoms with Crippen molar-refractivity contribution in [1.82, 2.24) is 4.90 Å². The van der Waals surface area contributed by atoms with Crippen LogP contribution in [0.1, 0.15) is 18.0 Å². The molecule has 0 bridgehead atoms. The number of nitrogens with two attached hydrogens (primary N) is 1. The van der Waals surface area contributed by atoms with Gasteiger partial charge in [0.1, 0.15) is 16.6 Å². The van der Waals surface area contributed by atoms with Gasteiger partial charge in [0.2, 0.25) is 0 Å². The summed E-state index contributed by atoms with van der Waals surface area (Å²) in [5, 5.41) is 9.12. The monoisotopic (exact) mass is 258 g/mol. The van der Waals surface area contributed by atoms with Crippen LogP contribution < -0.4 is 5.73 Å². The molecule has 0 spiro atoms. The van der Waals surface area contributed by atoms with Crippen molar-refractivity contribution in [3.05, 3.63) is 28.5 Å². The van der Waals surface area contributed by atoms with E-state index in [1.807, 2.05) is 7.05 Å². The van der Waals surface area contributed by atoms with Crippen LogP contribution in [0.2, 0.25) is 5.02 Å². The normalized spacial score (nSPS) is 25.4. The Hall–Kier alpha value is -0.840. The average Bonchev–Trinajstić information content (AvgIpc) is 2.68. The lowest BCUT2D eigenvalue weighted by Crippen LogP contribution is -2.21. The molecule has 0 aromatic heterocycles. The Balaban J connectivity index is 2.32. The summed E-state index contributed by atoms with van der Waals surface area (Å²) in [6, 6.07) is 3.02. The number of phenols is 1. The molecule has 0 amide bonds. The van der Waals surface area contributed by atoms with E-state index in [0.717, 1.165) is 13.0 Å². The van der Waals surface area contributed by atoms with Crippen molar-refractivity contribution < 1.29 is 9.50 Å². The highest BCUT2D eigenvalue weighted by Gasteiger charge is 2.32. The molecule has 2 atom stereocenters. The fourth-order valence-electron chi connectivity index (χ4n) is 2.45. The molecule has 2 unspecified atom stereocenters. The van der Waals surface area contributed by atoms with Crippen LogP contribution in [0.5, 0.6) is 5.75 Å². The number of likely N-dealkylation sites (tertiary alicyclic amines) is 1. The van der Waals surface area contributed by atoms with Crippen molar-refractivity contribution in [2.24, 2.45) is 11.7 Å². The van der Waals surface area contributed by atoms with Gasteiger partial charge in [0.25, 0.3) is 0 Å². The summed E-state index contributed by atoms with van der Waals surface area (Å²) in [6.45, 7) is 1.47. The number of nitrogens with zero attached hydrogens (tertiary/aromatic N) is 1. The van der Waals surface area contributed by atoms with Crippen LogP contribution in [0.3, 0.4) is 0 Å².